The molecule has 0 fully saturated rings. The highest BCUT2D eigenvalue weighted by atomic mass is 32.2. The number of thioether (sulfide) groups is 1. The maximum absolute atomic E-state index is 11.1. The van der Waals surface area contributed by atoms with Crippen LogP contribution in [0.2, 0.25) is 0 Å². The van der Waals surface area contributed by atoms with Crippen molar-refractivity contribution in [2.24, 2.45) is 0 Å². The van der Waals surface area contributed by atoms with Gasteiger partial charge in [-0.3, -0.25) is 20.2 Å². The Balaban J connectivity index is 2.02. The number of nitro groups is 2. The molecule has 0 spiro atoms. The molecule has 0 saturated carbocycles. The molecule has 33 heavy (non-hydrogen) atoms. The van der Waals surface area contributed by atoms with Gasteiger partial charge in [-0.2, -0.15) is 11.8 Å². The molecule has 0 bridgehead atoms. The summed E-state index contributed by atoms with van der Waals surface area (Å²) in [5, 5.41) is 66.6. The zero-order valence-corrected chi connectivity index (χ0v) is 18.4. The van der Waals surface area contributed by atoms with Gasteiger partial charge < -0.3 is 31.1 Å². The molecule has 180 valence electrons. The molecule has 2 aromatic carbocycles. The van der Waals surface area contributed by atoms with E-state index in [1.54, 1.807) is 0 Å². The third-order valence-corrected chi connectivity index (χ3v) is 5.71. The van der Waals surface area contributed by atoms with E-state index in [0.29, 0.717) is 11.1 Å². The van der Waals surface area contributed by atoms with Gasteiger partial charge in [-0.25, -0.2) is 0 Å². The van der Waals surface area contributed by atoms with Gasteiger partial charge in [0.15, 0.2) is 0 Å². The van der Waals surface area contributed by atoms with E-state index in [9.17, 15) is 30.4 Å². The maximum Gasteiger partial charge on any atom is 0.292 e. The van der Waals surface area contributed by atoms with Crippen LogP contribution in [0.1, 0.15) is 23.3 Å². The van der Waals surface area contributed by atoms with Crippen LogP contribution in [0, 0.1) is 20.2 Å². The third kappa shape index (κ3) is 7.54. The minimum absolute atomic E-state index is 0.117. The maximum atomic E-state index is 11.1. The SMILES string of the molecule is O=[N+]([O-])c1ccc(C(O)CSCC(O)c2ccc([N+](=O)[O-])c(NCCO)c2)cc1NCCO. The van der Waals surface area contributed by atoms with Crippen molar-refractivity contribution in [2.75, 3.05) is 48.4 Å². The molecular formula is C20H26N4O8S. The second kappa shape index (κ2) is 12.9. The van der Waals surface area contributed by atoms with E-state index < -0.39 is 22.1 Å². The molecule has 0 aliphatic heterocycles. The smallest absolute Gasteiger partial charge is 0.292 e. The number of nitro benzene ring substituents is 2. The fraction of sp³-hybridized carbons (Fsp3) is 0.400. The standard InChI is InChI=1S/C20H26N4O8S/c25-7-5-21-15-9-13(1-3-17(15)23(29)30)19(27)11-33-12-20(28)14-2-4-18(24(31)32)16(10-14)22-6-8-26/h1-4,9-10,19-22,25-28H,5-8,11-12H2. The first-order chi connectivity index (χ1) is 15.8. The quantitative estimate of drug-likeness (QED) is 0.170. The van der Waals surface area contributed by atoms with Crippen LogP contribution in [0.3, 0.4) is 0 Å². The number of nitrogens with one attached hydrogen (secondary N) is 2. The summed E-state index contributed by atoms with van der Waals surface area (Å²) < 4.78 is 0. The Morgan fingerprint density at radius 3 is 1.52 bits per heavy atom. The Morgan fingerprint density at radius 1 is 0.788 bits per heavy atom. The second-order valence-electron chi connectivity index (χ2n) is 6.94. The summed E-state index contributed by atoms with van der Waals surface area (Å²) >= 11 is 1.24. The summed E-state index contributed by atoms with van der Waals surface area (Å²) in [6.45, 7) is -0.188. The zero-order chi connectivity index (χ0) is 24.4. The zero-order valence-electron chi connectivity index (χ0n) is 17.6. The molecule has 2 aromatic rings. The number of anilines is 2. The van der Waals surface area contributed by atoms with E-state index in [2.05, 4.69) is 10.6 Å². The van der Waals surface area contributed by atoms with Gasteiger partial charge in [-0.1, -0.05) is 0 Å². The normalized spacial score (nSPS) is 12.7. The van der Waals surface area contributed by atoms with Crippen LogP contribution in [-0.4, -0.2) is 68.1 Å². The van der Waals surface area contributed by atoms with Gasteiger partial charge in [0, 0.05) is 36.7 Å². The number of nitrogens with zero attached hydrogens (tertiary/aromatic N) is 2. The van der Waals surface area contributed by atoms with Crippen molar-refractivity contribution in [3.8, 4) is 0 Å². The monoisotopic (exact) mass is 482 g/mol. The molecule has 0 heterocycles. The first kappa shape index (κ1) is 26.3. The Bertz CT molecular complexity index is 886. The summed E-state index contributed by atoms with van der Waals surface area (Å²) in [7, 11) is 0. The number of benzene rings is 2. The van der Waals surface area contributed by atoms with E-state index in [1.165, 1.54) is 48.2 Å². The van der Waals surface area contributed by atoms with E-state index in [-0.39, 0.29) is 60.6 Å². The van der Waals surface area contributed by atoms with Crippen LogP contribution in [0.5, 0.6) is 0 Å². The summed E-state index contributed by atoms with van der Waals surface area (Å²) in [5.74, 6) is 0.383. The summed E-state index contributed by atoms with van der Waals surface area (Å²) in [6, 6.07) is 8.33. The van der Waals surface area contributed by atoms with Crippen molar-refractivity contribution in [1.82, 2.24) is 0 Å². The lowest BCUT2D eigenvalue weighted by Crippen LogP contribution is -2.10. The molecule has 0 saturated heterocycles. The van der Waals surface area contributed by atoms with Gasteiger partial charge in [-0.05, 0) is 35.4 Å². The molecule has 6 N–H and O–H groups in total. The lowest BCUT2D eigenvalue weighted by Gasteiger charge is -2.16. The number of rotatable bonds is 14. The number of aliphatic hydroxyl groups excluding tert-OH is 4. The van der Waals surface area contributed by atoms with Crippen molar-refractivity contribution in [3.63, 3.8) is 0 Å². The Hall–Kier alpha value is -2.97. The van der Waals surface area contributed by atoms with Crippen LogP contribution in [0.25, 0.3) is 0 Å². The van der Waals surface area contributed by atoms with Crippen LogP contribution in [0.4, 0.5) is 22.7 Å². The minimum atomic E-state index is -0.962. The van der Waals surface area contributed by atoms with Crippen molar-refractivity contribution in [3.05, 3.63) is 67.8 Å². The molecule has 0 amide bonds. The molecule has 2 unspecified atom stereocenters. The fourth-order valence-electron chi connectivity index (χ4n) is 2.99. The van der Waals surface area contributed by atoms with Gasteiger partial charge in [-0.15, -0.1) is 0 Å². The average molecular weight is 483 g/mol. The molecule has 0 radical (unpaired) electrons. The highest BCUT2D eigenvalue weighted by Gasteiger charge is 2.19. The van der Waals surface area contributed by atoms with Crippen molar-refractivity contribution in [1.29, 1.82) is 0 Å². The first-order valence-electron chi connectivity index (χ1n) is 9.98. The molecule has 13 heteroatoms. The van der Waals surface area contributed by atoms with Gasteiger partial charge >= 0.3 is 0 Å². The van der Waals surface area contributed by atoms with E-state index >= 15 is 0 Å². The molecule has 2 rings (SSSR count). The van der Waals surface area contributed by atoms with Crippen molar-refractivity contribution < 1.29 is 30.3 Å². The highest BCUT2D eigenvalue weighted by molar-refractivity contribution is 7.99. The molecule has 0 aromatic heterocycles. The third-order valence-electron chi connectivity index (χ3n) is 4.61. The predicted molar refractivity (Wildman–Crippen MR) is 125 cm³/mol. The fourth-order valence-corrected chi connectivity index (χ4v) is 3.96. The van der Waals surface area contributed by atoms with Crippen LogP contribution < -0.4 is 10.6 Å². The Morgan fingerprint density at radius 2 is 1.18 bits per heavy atom. The lowest BCUT2D eigenvalue weighted by molar-refractivity contribution is -0.384. The topological polar surface area (TPSA) is 191 Å². The summed E-state index contributed by atoms with van der Waals surface area (Å²) in [6.07, 6.45) is -1.92. The van der Waals surface area contributed by atoms with Crippen LogP contribution in [0.15, 0.2) is 36.4 Å². The molecular weight excluding hydrogens is 456 g/mol. The molecule has 0 aliphatic carbocycles. The summed E-state index contributed by atoms with van der Waals surface area (Å²) in [4.78, 5) is 21.2. The highest BCUT2D eigenvalue weighted by Crippen LogP contribution is 2.32. The second-order valence-corrected chi connectivity index (χ2v) is 8.01. The largest absolute Gasteiger partial charge is 0.395 e. The molecule has 2 atom stereocenters. The summed E-state index contributed by atoms with van der Waals surface area (Å²) in [5.41, 5.74) is 0.897. The average Bonchev–Trinajstić information content (AvgIpc) is 2.80. The van der Waals surface area contributed by atoms with Gasteiger partial charge in [0.05, 0.1) is 35.3 Å². The van der Waals surface area contributed by atoms with E-state index in [4.69, 9.17) is 10.2 Å². The van der Waals surface area contributed by atoms with E-state index in [1.807, 2.05) is 0 Å². The van der Waals surface area contributed by atoms with Crippen molar-refractivity contribution >= 4 is 34.5 Å². The number of aliphatic hydroxyl groups is 4. The minimum Gasteiger partial charge on any atom is -0.395 e. The van der Waals surface area contributed by atoms with Gasteiger partial charge in [0.1, 0.15) is 11.4 Å². The Labute approximate surface area is 193 Å². The van der Waals surface area contributed by atoms with Gasteiger partial charge in [0.2, 0.25) is 0 Å². The Kier molecular flexibility index (Phi) is 10.3. The predicted octanol–water partition coefficient (Wildman–Crippen LogP) is 1.81. The van der Waals surface area contributed by atoms with Gasteiger partial charge in [0.25, 0.3) is 11.4 Å². The molecule has 12 nitrogen and oxygen atoms in total. The lowest BCUT2D eigenvalue weighted by atomic mass is 10.1. The van der Waals surface area contributed by atoms with Crippen LogP contribution in [-0.2, 0) is 0 Å². The number of hydrogen-bond acceptors (Lipinski definition) is 11. The van der Waals surface area contributed by atoms with Crippen LogP contribution >= 0.6 is 11.8 Å². The van der Waals surface area contributed by atoms with Crippen molar-refractivity contribution in [2.45, 2.75) is 12.2 Å². The molecule has 0 aliphatic rings. The number of hydrogen-bond donors (Lipinski definition) is 6. The first-order valence-corrected chi connectivity index (χ1v) is 11.1. The van der Waals surface area contributed by atoms with E-state index in [0.717, 1.165) is 0 Å².